The van der Waals surface area contributed by atoms with Crippen molar-refractivity contribution >= 4 is 18.0 Å². The van der Waals surface area contributed by atoms with E-state index in [1.807, 2.05) is 24.3 Å². The van der Waals surface area contributed by atoms with Gasteiger partial charge in [0.15, 0.2) is 0 Å². The predicted octanol–water partition coefficient (Wildman–Crippen LogP) is 5.09. The number of unbranched alkanes of at least 4 members (excludes halogenated alkanes) is 1. The lowest BCUT2D eigenvalue weighted by Gasteiger charge is -2.21. The highest BCUT2D eigenvalue weighted by molar-refractivity contribution is 5.80. The fourth-order valence-corrected chi connectivity index (χ4v) is 4.40. The fraction of sp³-hybridized carbons (Fsp3) is 0.464. The van der Waals surface area contributed by atoms with E-state index >= 15 is 0 Å². The maximum atomic E-state index is 12.7. The maximum Gasteiger partial charge on any atom is 0.407 e. The third-order valence-electron chi connectivity index (χ3n) is 6.65. The number of hydrogen-bond donors (Lipinski definition) is 3. The molecule has 35 heavy (non-hydrogen) atoms. The molecule has 3 N–H and O–H groups in total. The van der Waals surface area contributed by atoms with Crippen LogP contribution in [0.5, 0.6) is 0 Å². The highest BCUT2D eigenvalue weighted by Gasteiger charge is 2.30. The molecule has 0 aliphatic heterocycles. The number of hydrogen-bond acceptors (Lipinski definition) is 4. The summed E-state index contributed by atoms with van der Waals surface area (Å²) in [6.07, 6.45) is 2.39. The molecule has 1 aliphatic carbocycles. The van der Waals surface area contributed by atoms with Crippen LogP contribution in [-0.2, 0) is 14.3 Å². The van der Waals surface area contributed by atoms with Gasteiger partial charge in [0.2, 0.25) is 5.91 Å². The van der Waals surface area contributed by atoms with Crippen LogP contribution < -0.4 is 10.6 Å². The zero-order valence-corrected chi connectivity index (χ0v) is 20.8. The molecular weight excluding hydrogens is 444 g/mol. The van der Waals surface area contributed by atoms with Crippen LogP contribution in [0.4, 0.5) is 4.79 Å². The Morgan fingerprint density at radius 3 is 2.20 bits per heavy atom. The van der Waals surface area contributed by atoms with Gasteiger partial charge in [-0.2, -0.15) is 0 Å². The highest BCUT2D eigenvalue weighted by Crippen LogP contribution is 2.44. The van der Waals surface area contributed by atoms with Gasteiger partial charge in [-0.05, 0) is 48.9 Å². The summed E-state index contributed by atoms with van der Waals surface area (Å²) in [4.78, 5) is 36.3. The molecule has 0 bridgehead atoms. The van der Waals surface area contributed by atoms with Crippen molar-refractivity contribution in [3.63, 3.8) is 0 Å². The Labute approximate surface area is 207 Å². The Bertz CT molecular complexity index is 1000. The second-order valence-corrected chi connectivity index (χ2v) is 9.80. The molecule has 0 heterocycles. The average Bonchev–Trinajstić information content (AvgIpc) is 3.14. The van der Waals surface area contributed by atoms with Gasteiger partial charge >= 0.3 is 12.1 Å². The molecule has 0 unspecified atom stereocenters. The lowest BCUT2D eigenvalue weighted by Crippen LogP contribution is -2.40. The molecule has 1 aliphatic rings. The van der Waals surface area contributed by atoms with Crippen molar-refractivity contribution in [2.75, 3.05) is 13.2 Å². The standard InChI is InChI=1S/C28H36N2O5/c1-4-5-10-19(17-25(31)29-16-15-28(2,3)26(32)33)30-27(34)35-18-24-22-13-8-6-11-20(22)21-12-7-9-14-23(21)24/h6-9,11-14,19,24H,4-5,10,15-18H2,1-3H3,(H,29,31)(H,30,34)(H,32,33)/t19-/m0/s1. The molecule has 7 heteroatoms. The van der Waals surface area contributed by atoms with Gasteiger partial charge in [-0.15, -0.1) is 0 Å². The van der Waals surface area contributed by atoms with Crippen LogP contribution in [0.2, 0.25) is 0 Å². The Hall–Kier alpha value is -3.35. The zero-order chi connectivity index (χ0) is 25.4. The van der Waals surface area contributed by atoms with Gasteiger partial charge in [-0.3, -0.25) is 9.59 Å². The number of amides is 2. The minimum atomic E-state index is -0.908. The number of rotatable bonds is 12. The number of nitrogens with one attached hydrogen (secondary N) is 2. The third-order valence-corrected chi connectivity index (χ3v) is 6.65. The summed E-state index contributed by atoms with van der Waals surface area (Å²) >= 11 is 0. The Morgan fingerprint density at radius 2 is 1.63 bits per heavy atom. The highest BCUT2D eigenvalue weighted by atomic mass is 16.5. The molecule has 0 radical (unpaired) electrons. The van der Waals surface area contributed by atoms with Crippen molar-refractivity contribution in [3.05, 3.63) is 59.7 Å². The largest absolute Gasteiger partial charge is 0.481 e. The minimum absolute atomic E-state index is 0.0249. The summed E-state index contributed by atoms with van der Waals surface area (Å²) in [6.45, 7) is 5.80. The van der Waals surface area contributed by atoms with Gasteiger partial charge in [-0.1, -0.05) is 68.3 Å². The van der Waals surface area contributed by atoms with E-state index in [2.05, 4.69) is 41.8 Å². The first-order chi connectivity index (χ1) is 16.7. The monoisotopic (exact) mass is 480 g/mol. The fourth-order valence-electron chi connectivity index (χ4n) is 4.40. The van der Waals surface area contributed by atoms with Gasteiger partial charge in [0, 0.05) is 24.9 Å². The Balaban J connectivity index is 1.54. The summed E-state index contributed by atoms with van der Waals surface area (Å²) in [5, 5.41) is 14.9. The quantitative estimate of drug-likeness (QED) is 0.392. The lowest BCUT2D eigenvalue weighted by atomic mass is 9.90. The first-order valence-corrected chi connectivity index (χ1v) is 12.3. The molecule has 0 fully saturated rings. The van der Waals surface area contributed by atoms with Crippen molar-refractivity contribution in [1.29, 1.82) is 0 Å². The van der Waals surface area contributed by atoms with Crippen LogP contribution in [0.25, 0.3) is 11.1 Å². The number of carboxylic acid groups (broad SMARTS) is 1. The normalized spacial score (nSPS) is 13.5. The molecule has 1 atom stereocenters. The van der Waals surface area contributed by atoms with E-state index in [0.29, 0.717) is 12.8 Å². The Kier molecular flexibility index (Phi) is 8.90. The number of aliphatic carboxylic acids is 1. The maximum absolute atomic E-state index is 12.7. The molecule has 0 spiro atoms. The number of fused-ring (bicyclic) bond motifs is 3. The first-order valence-electron chi connectivity index (χ1n) is 12.3. The van der Waals surface area contributed by atoms with Crippen molar-refractivity contribution < 1.29 is 24.2 Å². The van der Waals surface area contributed by atoms with Gasteiger partial charge in [0.25, 0.3) is 0 Å². The molecule has 2 aromatic carbocycles. The molecule has 2 aromatic rings. The molecular formula is C28H36N2O5. The van der Waals surface area contributed by atoms with E-state index in [9.17, 15) is 19.5 Å². The number of alkyl carbamates (subject to hydrolysis) is 1. The molecule has 0 saturated heterocycles. The van der Waals surface area contributed by atoms with Gasteiger partial charge in [0.05, 0.1) is 5.41 Å². The zero-order valence-electron chi connectivity index (χ0n) is 20.8. The summed E-state index contributed by atoms with van der Waals surface area (Å²) < 4.78 is 5.64. The number of carbonyl (C=O) groups is 3. The topological polar surface area (TPSA) is 105 Å². The minimum Gasteiger partial charge on any atom is -0.481 e. The first kappa shape index (κ1) is 26.3. The van der Waals surface area contributed by atoms with Crippen molar-refractivity contribution in [1.82, 2.24) is 10.6 Å². The van der Waals surface area contributed by atoms with Crippen LogP contribution in [0, 0.1) is 5.41 Å². The van der Waals surface area contributed by atoms with Crippen LogP contribution >= 0.6 is 0 Å². The van der Waals surface area contributed by atoms with Crippen LogP contribution in [-0.4, -0.2) is 42.3 Å². The van der Waals surface area contributed by atoms with Gasteiger partial charge in [-0.25, -0.2) is 4.79 Å². The van der Waals surface area contributed by atoms with Gasteiger partial charge < -0.3 is 20.5 Å². The third kappa shape index (κ3) is 6.84. The smallest absolute Gasteiger partial charge is 0.407 e. The Morgan fingerprint density at radius 1 is 1.03 bits per heavy atom. The summed E-state index contributed by atoms with van der Waals surface area (Å²) in [6, 6.07) is 16.0. The average molecular weight is 481 g/mol. The van der Waals surface area contributed by atoms with Crippen molar-refractivity contribution in [2.45, 2.75) is 64.8 Å². The molecule has 2 amide bonds. The molecule has 3 rings (SSSR count). The van der Waals surface area contributed by atoms with E-state index in [1.165, 1.54) is 11.1 Å². The molecule has 7 nitrogen and oxygen atoms in total. The van der Waals surface area contributed by atoms with E-state index in [1.54, 1.807) is 13.8 Å². The molecule has 0 saturated carbocycles. The SMILES string of the molecule is CCCC[C@@H](CC(=O)NCCC(C)(C)C(=O)O)NC(=O)OCC1c2ccccc2-c2ccccc21. The predicted molar refractivity (Wildman–Crippen MR) is 135 cm³/mol. The van der Waals surface area contributed by atoms with Crippen LogP contribution in [0.1, 0.15) is 69.9 Å². The molecule has 188 valence electrons. The van der Waals surface area contributed by atoms with Gasteiger partial charge in [0.1, 0.15) is 6.61 Å². The number of carbonyl (C=O) groups excluding carboxylic acids is 2. The number of ether oxygens (including phenoxy) is 1. The summed E-state index contributed by atoms with van der Waals surface area (Å²) in [5.74, 6) is -1.14. The van der Waals surface area contributed by atoms with E-state index in [4.69, 9.17) is 4.74 Å². The van der Waals surface area contributed by atoms with Crippen molar-refractivity contribution in [2.24, 2.45) is 5.41 Å². The van der Waals surface area contributed by atoms with Crippen molar-refractivity contribution in [3.8, 4) is 11.1 Å². The van der Waals surface area contributed by atoms with Crippen LogP contribution in [0.15, 0.2) is 48.5 Å². The number of carboxylic acids is 1. The summed E-state index contributed by atoms with van der Waals surface area (Å²) in [5.41, 5.74) is 3.72. The van der Waals surface area contributed by atoms with Crippen LogP contribution in [0.3, 0.4) is 0 Å². The summed E-state index contributed by atoms with van der Waals surface area (Å²) in [7, 11) is 0. The second kappa shape index (κ2) is 11.9. The lowest BCUT2D eigenvalue weighted by molar-refractivity contribution is -0.147. The van der Waals surface area contributed by atoms with E-state index < -0.39 is 17.5 Å². The van der Waals surface area contributed by atoms with E-state index in [0.717, 1.165) is 24.0 Å². The molecule has 0 aromatic heterocycles. The second-order valence-electron chi connectivity index (χ2n) is 9.80. The van der Waals surface area contributed by atoms with E-state index in [-0.39, 0.29) is 37.4 Å². The number of benzene rings is 2.